The van der Waals surface area contributed by atoms with Gasteiger partial charge in [0.05, 0.1) is 0 Å². The van der Waals surface area contributed by atoms with E-state index in [1.54, 1.807) is 0 Å². The molecule has 0 aromatic rings. The molecule has 0 amide bonds. The van der Waals surface area contributed by atoms with Gasteiger partial charge in [0, 0.05) is 0 Å². The molecule has 1 aliphatic carbocycles. The molecular formula is C13H20. The maximum absolute atomic E-state index is 2.32. The lowest BCUT2D eigenvalue weighted by Gasteiger charge is -1.89. The molecule has 13 heavy (non-hydrogen) atoms. The summed E-state index contributed by atoms with van der Waals surface area (Å²) in [4.78, 5) is 0. The first kappa shape index (κ1) is 10.3. The van der Waals surface area contributed by atoms with Crippen LogP contribution in [0, 0.1) is 0 Å². The minimum atomic E-state index is 1.21. The third-order valence-corrected chi connectivity index (χ3v) is 2.24. The zero-order chi connectivity index (χ0) is 9.19. The Morgan fingerprint density at radius 3 is 1.08 bits per heavy atom. The molecular weight excluding hydrogens is 156 g/mol. The third kappa shape index (κ3) is 6.39. The summed E-state index contributed by atoms with van der Waals surface area (Å²) >= 11 is 0. The van der Waals surface area contributed by atoms with Crippen molar-refractivity contribution in [2.24, 2.45) is 0 Å². The van der Waals surface area contributed by atoms with Crippen LogP contribution in [-0.4, -0.2) is 0 Å². The van der Waals surface area contributed by atoms with Crippen LogP contribution in [0.4, 0.5) is 0 Å². The summed E-state index contributed by atoms with van der Waals surface area (Å²) in [6.07, 6.45) is 22.5. The van der Waals surface area contributed by atoms with E-state index in [0.717, 1.165) is 0 Å². The number of hydrogen-bond acceptors (Lipinski definition) is 0. The molecule has 0 nitrogen and oxygen atoms in total. The topological polar surface area (TPSA) is 0 Å². The van der Waals surface area contributed by atoms with E-state index < -0.39 is 0 Å². The van der Waals surface area contributed by atoms with Crippen molar-refractivity contribution in [3.8, 4) is 0 Å². The third-order valence-electron chi connectivity index (χ3n) is 2.24. The average Bonchev–Trinajstić information content (AvgIpc) is 2.18. The fraction of sp³-hybridized carbons (Fsp3) is 0.538. The Kier molecular flexibility index (Phi) is 6.22. The van der Waals surface area contributed by atoms with Crippen LogP contribution in [0.3, 0.4) is 0 Å². The van der Waals surface area contributed by atoms with E-state index in [1.807, 2.05) is 0 Å². The Morgan fingerprint density at radius 2 is 0.692 bits per heavy atom. The van der Waals surface area contributed by atoms with Crippen LogP contribution in [-0.2, 0) is 0 Å². The Morgan fingerprint density at radius 1 is 0.385 bits per heavy atom. The van der Waals surface area contributed by atoms with Crippen molar-refractivity contribution in [3.05, 3.63) is 36.5 Å². The van der Waals surface area contributed by atoms with Crippen molar-refractivity contribution in [2.45, 2.75) is 44.9 Å². The Bertz CT molecular complexity index is 164. The number of allylic oxidation sites excluding steroid dienone is 6. The monoisotopic (exact) mass is 176 g/mol. The molecule has 0 aromatic carbocycles. The zero-order valence-corrected chi connectivity index (χ0v) is 8.41. The van der Waals surface area contributed by atoms with Crippen molar-refractivity contribution < 1.29 is 0 Å². The molecule has 0 heterocycles. The zero-order valence-electron chi connectivity index (χ0n) is 8.41. The van der Waals surface area contributed by atoms with Crippen molar-refractivity contribution in [1.29, 1.82) is 0 Å². The summed E-state index contributed by atoms with van der Waals surface area (Å²) in [5.74, 6) is 0. The highest BCUT2D eigenvalue weighted by atomic mass is 13.9. The standard InChI is InChI=1S/C13H20/c1-2-4-6-8-10-12-13-11-9-7-5-3-1/h1-2,7-10H,3-6,11-13H2/b2-1+,9-7-,10-8-. The van der Waals surface area contributed by atoms with Gasteiger partial charge in [-0.15, -0.1) is 0 Å². The molecule has 0 atom stereocenters. The van der Waals surface area contributed by atoms with Crippen molar-refractivity contribution in [2.75, 3.05) is 0 Å². The lowest BCUT2D eigenvalue weighted by molar-refractivity contribution is 0.859. The van der Waals surface area contributed by atoms with E-state index in [4.69, 9.17) is 0 Å². The molecule has 0 heteroatoms. The van der Waals surface area contributed by atoms with Crippen LogP contribution in [0.25, 0.3) is 0 Å². The highest BCUT2D eigenvalue weighted by molar-refractivity contribution is 4.92. The first-order valence-electron chi connectivity index (χ1n) is 5.45. The molecule has 0 radical (unpaired) electrons. The molecule has 0 saturated carbocycles. The summed E-state index contributed by atoms with van der Waals surface area (Å²) < 4.78 is 0. The minimum Gasteiger partial charge on any atom is -0.0885 e. The SMILES string of the molecule is C1=C\CCC/C=C\CC/C=C/CC/1. The van der Waals surface area contributed by atoms with Crippen molar-refractivity contribution in [3.63, 3.8) is 0 Å². The molecule has 0 bridgehead atoms. The summed E-state index contributed by atoms with van der Waals surface area (Å²) in [5.41, 5.74) is 0. The second-order valence-electron chi connectivity index (χ2n) is 3.50. The maximum atomic E-state index is 2.32. The molecule has 0 saturated heterocycles. The van der Waals surface area contributed by atoms with Gasteiger partial charge in [0.1, 0.15) is 0 Å². The summed E-state index contributed by atoms with van der Waals surface area (Å²) in [5, 5.41) is 0. The van der Waals surface area contributed by atoms with Crippen LogP contribution in [0.15, 0.2) is 36.5 Å². The van der Waals surface area contributed by atoms with Crippen LogP contribution in [0.5, 0.6) is 0 Å². The molecule has 0 fully saturated rings. The van der Waals surface area contributed by atoms with Crippen LogP contribution in [0.2, 0.25) is 0 Å². The van der Waals surface area contributed by atoms with Gasteiger partial charge in [0.2, 0.25) is 0 Å². The molecule has 72 valence electrons. The predicted octanol–water partition coefficient (Wildman–Crippen LogP) is 4.40. The van der Waals surface area contributed by atoms with Crippen molar-refractivity contribution in [1.82, 2.24) is 0 Å². The van der Waals surface area contributed by atoms with Gasteiger partial charge in [0.25, 0.3) is 0 Å². The number of rotatable bonds is 0. The van der Waals surface area contributed by atoms with Gasteiger partial charge in [-0.1, -0.05) is 36.5 Å². The van der Waals surface area contributed by atoms with Gasteiger partial charge in [-0.3, -0.25) is 0 Å². The Hall–Kier alpha value is -0.780. The molecule has 1 rings (SSSR count). The van der Waals surface area contributed by atoms with E-state index >= 15 is 0 Å². The normalized spacial score (nSPS) is 27.7. The Labute approximate surface area is 82.0 Å². The van der Waals surface area contributed by atoms with Crippen molar-refractivity contribution >= 4 is 0 Å². The molecule has 0 spiro atoms. The van der Waals surface area contributed by atoms with Crippen LogP contribution >= 0.6 is 0 Å². The lowest BCUT2D eigenvalue weighted by atomic mass is 10.2. The second kappa shape index (κ2) is 7.85. The first-order valence-corrected chi connectivity index (χ1v) is 5.45. The summed E-state index contributed by atoms with van der Waals surface area (Å²) in [6.45, 7) is 0. The van der Waals surface area contributed by atoms with Gasteiger partial charge in [0.15, 0.2) is 0 Å². The van der Waals surface area contributed by atoms with E-state index in [1.165, 1.54) is 44.9 Å². The van der Waals surface area contributed by atoms with Gasteiger partial charge in [-0.25, -0.2) is 0 Å². The largest absolute Gasteiger partial charge is 0.0885 e. The van der Waals surface area contributed by atoms with Gasteiger partial charge in [-0.2, -0.15) is 0 Å². The predicted molar refractivity (Wildman–Crippen MR) is 59.7 cm³/mol. The van der Waals surface area contributed by atoms with E-state index in [2.05, 4.69) is 36.5 Å². The van der Waals surface area contributed by atoms with E-state index in [9.17, 15) is 0 Å². The average molecular weight is 176 g/mol. The maximum Gasteiger partial charge on any atom is -0.0316 e. The summed E-state index contributed by atoms with van der Waals surface area (Å²) in [6, 6.07) is 0. The highest BCUT2D eigenvalue weighted by Crippen LogP contribution is 2.04. The molecule has 0 aromatic heterocycles. The molecule has 1 aliphatic rings. The minimum absolute atomic E-state index is 1.21. The Balaban J connectivity index is 2.27. The van der Waals surface area contributed by atoms with E-state index in [0.29, 0.717) is 0 Å². The number of hydrogen-bond donors (Lipinski definition) is 0. The molecule has 0 aliphatic heterocycles. The quantitative estimate of drug-likeness (QED) is 0.480. The van der Waals surface area contributed by atoms with Crippen LogP contribution < -0.4 is 0 Å². The van der Waals surface area contributed by atoms with Gasteiger partial charge >= 0.3 is 0 Å². The first-order chi connectivity index (χ1) is 6.50. The fourth-order valence-corrected chi connectivity index (χ4v) is 1.45. The summed E-state index contributed by atoms with van der Waals surface area (Å²) in [7, 11) is 0. The fourth-order valence-electron chi connectivity index (χ4n) is 1.45. The van der Waals surface area contributed by atoms with Gasteiger partial charge in [-0.05, 0) is 44.9 Å². The second-order valence-corrected chi connectivity index (χ2v) is 3.50. The molecule has 0 N–H and O–H groups in total. The molecule has 0 unspecified atom stereocenters. The lowest BCUT2D eigenvalue weighted by Crippen LogP contribution is -1.69. The van der Waals surface area contributed by atoms with E-state index in [-0.39, 0.29) is 0 Å². The van der Waals surface area contributed by atoms with Gasteiger partial charge < -0.3 is 0 Å². The van der Waals surface area contributed by atoms with Crippen LogP contribution in [0.1, 0.15) is 44.9 Å². The highest BCUT2D eigenvalue weighted by Gasteiger charge is 1.83. The smallest absolute Gasteiger partial charge is 0.0316 e.